The van der Waals surface area contributed by atoms with Crippen LogP contribution >= 0.6 is 0 Å². The van der Waals surface area contributed by atoms with Crippen LogP contribution in [-0.4, -0.2) is 64.3 Å². The SMILES string of the molecule is C[C@H]1CN([C@@H](C)CO)C(=O)c2c(c3ccccc3n2C)-c2ccccc2CO[C@H]1CN(C)Cc1cccc(C(F)(F)F)c1. The van der Waals surface area contributed by atoms with Crippen molar-refractivity contribution in [1.29, 1.82) is 0 Å². The number of ether oxygens (including phenoxy) is 1. The average Bonchev–Trinajstić information content (AvgIpc) is 3.28. The summed E-state index contributed by atoms with van der Waals surface area (Å²) in [5.41, 5.74) is 4.06. The Morgan fingerprint density at radius 2 is 1.79 bits per heavy atom. The van der Waals surface area contributed by atoms with Crippen molar-refractivity contribution in [2.24, 2.45) is 13.0 Å². The Bertz CT molecular complexity index is 1600. The summed E-state index contributed by atoms with van der Waals surface area (Å²) >= 11 is 0. The number of fused-ring (bicyclic) bond motifs is 5. The van der Waals surface area contributed by atoms with Gasteiger partial charge in [-0.15, -0.1) is 0 Å². The van der Waals surface area contributed by atoms with Crippen molar-refractivity contribution >= 4 is 16.8 Å². The van der Waals surface area contributed by atoms with Gasteiger partial charge in [0.1, 0.15) is 5.69 Å². The zero-order valence-electron chi connectivity index (χ0n) is 24.9. The molecule has 0 unspecified atom stereocenters. The minimum Gasteiger partial charge on any atom is -0.394 e. The summed E-state index contributed by atoms with van der Waals surface area (Å²) in [6.45, 7) is 5.02. The van der Waals surface area contributed by atoms with Crippen LogP contribution in [0.1, 0.15) is 41.0 Å². The van der Waals surface area contributed by atoms with Gasteiger partial charge in [0.25, 0.3) is 5.91 Å². The van der Waals surface area contributed by atoms with Gasteiger partial charge >= 0.3 is 6.18 Å². The van der Waals surface area contributed by atoms with Gasteiger partial charge in [0.05, 0.1) is 30.9 Å². The second kappa shape index (κ2) is 12.5. The van der Waals surface area contributed by atoms with Gasteiger partial charge < -0.3 is 19.3 Å². The number of para-hydroxylation sites is 1. The number of aliphatic hydroxyl groups is 1. The van der Waals surface area contributed by atoms with Crippen molar-refractivity contribution in [3.05, 3.63) is 95.2 Å². The number of benzene rings is 3. The van der Waals surface area contributed by atoms with Crippen LogP contribution in [0.15, 0.2) is 72.8 Å². The van der Waals surface area contributed by atoms with Gasteiger partial charge in [-0.05, 0) is 42.8 Å². The fourth-order valence-electron chi connectivity index (χ4n) is 6.05. The molecule has 0 spiro atoms. The molecule has 0 saturated heterocycles. The molecule has 1 amide bonds. The number of halogens is 3. The molecule has 228 valence electrons. The first kappa shape index (κ1) is 30.8. The van der Waals surface area contributed by atoms with E-state index in [1.165, 1.54) is 12.1 Å². The van der Waals surface area contributed by atoms with Crippen LogP contribution in [0.25, 0.3) is 22.0 Å². The summed E-state index contributed by atoms with van der Waals surface area (Å²) in [6.07, 6.45) is -4.75. The molecule has 1 aromatic heterocycles. The molecule has 3 atom stereocenters. The Hall–Kier alpha value is -3.66. The smallest absolute Gasteiger partial charge is 0.394 e. The predicted molar refractivity (Wildman–Crippen MR) is 161 cm³/mol. The van der Waals surface area contributed by atoms with Crippen LogP contribution in [0.2, 0.25) is 0 Å². The average molecular weight is 594 g/mol. The number of amides is 1. The molecular weight excluding hydrogens is 555 g/mol. The maximum absolute atomic E-state index is 14.4. The molecule has 0 radical (unpaired) electrons. The molecule has 2 heterocycles. The van der Waals surface area contributed by atoms with Gasteiger partial charge in [0, 0.05) is 49.1 Å². The Balaban J connectivity index is 1.53. The van der Waals surface area contributed by atoms with E-state index in [0.717, 1.165) is 33.7 Å². The first-order valence-corrected chi connectivity index (χ1v) is 14.5. The third-order valence-corrected chi connectivity index (χ3v) is 8.42. The molecule has 1 N–H and O–H groups in total. The number of carbonyl (C=O) groups excluding carboxylic acids is 1. The Morgan fingerprint density at radius 3 is 2.53 bits per heavy atom. The topological polar surface area (TPSA) is 57.9 Å². The van der Waals surface area contributed by atoms with E-state index in [1.54, 1.807) is 11.0 Å². The summed E-state index contributed by atoms with van der Waals surface area (Å²) in [5.74, 6) is -0.319. The number of likely N-dealkylation sites (N-methyl/N-ethyl adjacent to an activating group) is 1. The fourth-order valence-corrected chi connectivity index (χ4v) is 6.05. The summed E-state index contributed by atoms with van der Waals surface area (Å²) < 4.78 is 48.4. The van der Waals surface area contributed by atoms with Crippen LogP contribution in [-0.2, 0) is 31.1 Å². The van der Waals surface area contributed by atoms with Crippen LogP contribution in [0.3, 0.4) is 0 Å². The molecule has 5 rings (SSSR count). The van der Waals surface area contributed by atoms with E-state index in [4.69, 9.17) is 4.74 Å². The molecule has 43 heavy (non-hydrogen) atoms. The zero-order chi connectivity index (χ0) is 30.9. The van der Waals surface area contributed by atoms with Gasteiger partial charge in [0.15, 0.2) is 0 Å². The standard InChI is InChI=1S/C34H38F3N3O3/c1-22-17-40(23(2)20-41)33(42)32-31(28-14-7-8-15-29(28)39(32)4)27-13-6-5-11-25(27)21-43-30(22)19-38(3)18-24-10-9-12-26(16-24)34(35,36)37/h5-16,22-23,30,41H,17-21H2,1-4H3/t22-,23-,30-/m0/s1. The van der Waals surface area contributed by atoms with Gasteiger partial charge in [-0.2, -0.15) is 13.2 Å². The molecule has 0 aliphatic carbocycles. The van der Waals surface area contributed by atoms with Crippen LogP contribution in [0, 0.1) is 5.92 Å². The number of nitrogens with zero attached hydrogens (tertiary/aromatic N) is 3. The molecule has 1 aliphatic rings. The lowest BCUT2D eigenvalue weighted by Crippen LogP contribution is -2.47. The monoisotopic (exact) mass is 593 g/mol. The highest BCUT2D eigenvalue weighted by Crippen LogP contribution is 2.38. The van der Waals surface area contributed by atoms with Crippen molar-refractivity contribution in [1.82, 2.24) is 14.4 Å². The number of carbonyl (C=O) groups is 1. The highest BCUT2D eigenvalue weighted by Gasteiger charge is 2.34. The Labute approximate surface area is 250 Å². The highest BCUT2D eigenvalue weighted by molar-refractivity contribution is 6.10. The van der Waals surface area contributed by atoms with Gasteiger partial charge in [-0.25, -0.2) is 0 Å². The molecule has 3 aromatic carbocycles. The van der Waals surface area contributed by atoms with E-state index in [9.17, 15) is 23.1 Å². The number of alkyl halides is 3. The van der Waals surface area contributed by atoms with E-state index in [2.05, 4.69) is 0 Å². The summed E-state index contributed by atoms with van der Waals surface area (Å²) in [6, 6.07) is 20.8. The third kappa shape index (κ3) is 6.34. The zero-order valence-corrected chi connectivity index (χ0v) is 24.9. The molecule has 6 nitrogen and oxygen atoms in total. The third-order valence-electron chi connectivity index (χ3n) is 8.42. The normalized spacial score (nSPS) is 18.8. The number of aromatic nitrogens is 1. The second-order valence-corrected chi connectivity index (χ2v) is 11.7. The number of rotatable bonds is 6. The first-order valence-electron chi connectivity index (χ1n) is 14.5. The maximum Gasteiger partial charge on any atom is 0.416 e. The molecule has 1 aliphatic heterocycles. The molecule has 4 aromatic rings. The van der Waals surface area contributed by atoms with E-state index >= 15 is 0 Å². The fraction of sp³-hybridized carbons (Fsp3) is 0.382. The Morgan fingerprint density at radius 1 is 1.07 bits per heavy atom. The van der Waals surface area contributed by atoms with Crippen LogP contribution in [0.5, 0.6) is 0 Å². The second-order valence-electron chi connectivity index (χ2n) is 11.7. The number of aliphatic hydroxyl groups excluding tert-OH is 1. The van der Waals surface area contributed by atoms with Crippen molar-refractivity contribution in [3.8, 4) is 11.1 Å². The lowest BCUT2D eigenvalue weighted by atomic mass is 9.96. The minimum absolute atomic E-state index is 0.148. The molecular formula is C34H38F3N3O3. The van der Waals surface area contributed by atoms with Gasteiger partial charge in [-0.3, -0.25) is 9.69 Å². The van der Waals surface area contributed by atoms with Gasteiger partial charge in [0.2, 0.25) is 0 Å². The number of hydrogen-bond donors (Lipinski definition) is 1. The Kier molecular flexibility index (Phi) is 8.96. The molecule has 0 fully saturated rings. The van der Waals surface area contributed by atoms with Crippen molar-refractivity contribution in [3.63, 3.8) is 0 Å². The van der Waals surface area contributed by atoms with Crippen LogP contribution in [0.4, 0.5) is 13.2 Å². The van der Waals surface area contributed by atoms with Gasteiger partial charge in [-0.1, -0.05) is 67.6 Å². The molecule has 9 heteroatoms. The largest absolute Gasteiger partial charge is 0.416 e. The maximum atomic E-state index is 14.4. The quantitative estimate of drug-likeness (QED) is 0.283. The number of aryl methyl sites for hydroxylation is 1. The highest BCUT2D eigenvalue weighted by atomic mass is 19.4. The van der Waals surface area contributed by atoms with E-state index in [1.807, 2.05) is 85.9 Å². The lowest BCUT2D eigenvalue weighted by molar-refractivity contribution is -0.137. The predicted octanol–water partition coefficient (Wildman–Crippen LogP) is 6.35. The van der Waals surface area contributed by atoms with E-state index < -0.39 is 17.8 Å². The summed E-state index contributed by atoms with van der Waals surface area (Å²) in [4.78, 5) is 18.1. The molecule has 0 bridgehead atoms. The number of hydrogen-bond acceptors (Lipinski definition) is 4. The minimum atomic E-state index is -4.41. The lowest BCUT2D eigenvalue weighted by Gasteiger charge is -2.35. The van der Waals surface area contributed by atoms with Crippen LogP contribution < -0.4 is 0 Å². The summed E-state index contributed by atoms with van der Waals surface area (Å²) in [5, 5.41) is 11.1. The first-order chi connectivity index (χ1) is 20.5. The summed E-state index contributed by atoms with van der Waals surface area (Å²) in [7, 11) is 3.76. The van der Waals surface area contributed by atoms with E-state index in [0.29, 0.717) is 37.5 Å². The molecule has 0 saturated carbocycles. The van der Waals surface area contributed by atoms with E-state index in [-0.39, 0.29) is 24.5 Å². The van der Waals surface area contributed by atoms with Crippen molar-refractivity contribution in [2.45, 2.75) is 45.3 Å². The van der Waals surface area contributed by atoms with Crippen molar-refractivity contribution < 1.29 is 27.8 Å². The van der Waals surface area contributed by atoms with Crippen molar-refractivity contribution in [2.75, 3.05) is 26.7 Å².